The van der Waals surface area contributed by atoms with Gasteiger partial charge in [0.15, 0.2) is 5.96 Å². The molecule has 0 fully saturated rings. The first-order valence-corrected chi connectivity index (χ1v) is 9.63. The van der Waals surface area contributed by atoms with Gasteiger partial charge in [-0.25, -0.2) is 8.42 Å². The molecule has 1 aromatic carbocycles. The molecule has 0 heterocycles. The zero-order valence-corrected chi connectivity index (χ0v) is 14.8. The second-order valence-corrected chi connectivity index (χ2v) is 8.04. The number of guanidine groups is 1. The third-order valence-corrected chi connectivity index (χ3v) is 4.38. The summed E-state index contributed by atoms with van der Waals surface area (Å²) < 4.78 is 22.3. The van der Waals surface area contributed by atoms with Gasteiger partial charge in [-0.2, -0.15) is 0 Å². The predicted molar refractivity (Wildman–Crippen MR) is 93.4 cm³/mol. The van der Waals surface area contributed by atoms with Gasteiger partial charge in [0.2, 0.25) is 0 Å². The molecule has 0 aliphatic heterocycles. The van der Waals surface area contributed by atoms with Gasteiger partial charge in [0, 0.05) is 30.9 Å². The largest absolute Gasteiger partial charge is 0.356 e. The Morgan fingerprint density at radius 2 is 1.95 bits per heavy atom. The standard InChI is InChI=1S/C15H24ClN3O2S/c1-12(9-11-22(3,20)21)19-15(17-2)18-10-8-13-4-6-14(16)7-5-13/h4-7,12H,8-11H2,1-3H3,(H2,17,18,19). The first-order chi connectivity index (χ1) is 10.3. The number of nitrogens with one attached hydrogen (secondary N) is 2. The fourth-order valence-corrected chi connectivity index (χ4v) is 2.78. The molecule has 0 aliphatic carbocycles. The molecule has 1 atom stereocenters. The zero-order chi connectivity index (χ0) is 16.6. The van der Waals surface area contributed by atoms with Gasteiger partial charge in [0.05, 0.1) is 5.75 Å². The zero-order valence-electron chi connectivity index (χ0n) is 13.3. The highest BCUT2D eigenvalue weighted by molar-refractivity contribution is 7.90. The lowest BCUT2D eigenvalue weighted by Gasteiger charge is -2.17. The first kappa shape index (κ1) is 18.8. The van der Waals surface area contributed by atoms with Crippen molar-refractivity contribution in [2.75, 3.05) is 25.6 Å². The molecule has 22 heavy (non-hydrogen) atoms. The Morgan fingerprint density at radius 1 is 1.32 bits per heavy atom. The summed E-state index contributed by atoms with van der Waals surface area (Å²) in [5.41, 5.74) is 1.19. The van der Waals surface area contributed by atoms with Gasteiger partial charge < -0.3 is 10.6 Å². The van der Waals surface area contributed by atoms with Crippen molar-refractivity contribution in [3.8, 4) is 0 Å². The molecule has 7 heteroatoms. The minimum atomic E-state index is -2.93. The highest BCUT2D eigenvalue weighted by atomic mass is 35.5. The minimum Gasteiger partial charge on any atom is -0.356 e. The van der Waals surface area contributed by atoms with E-state index in [2.05, 4.69) is 15.6 Å². The molecule has 0 amide bonds. The molecule has 2 N–H and O–H groups in total. The normalized spacial score (nSPS) is 13.7. The monoisotopic (exact) mass is 345 g/mol. The Hall–Kier alpha value is -1.27. The maximum absolute atomic E-state index is 11.2. The number of nitrogens with zero attached hydrogens (tertiary/aromatic N) is 1. The van der Waals surface area contributed by atoms with Crippen LogP contribution in [0.15, 0.2) is 29.3 Å². The number of benzene rings is 1. The average Bonchev–Trinajstić information content (AvgIpc) is 2.45. The summed E-state index contributed by atoms with van der Waals surface area (Å²) in [5.74, 6) is 0.845. The van der Waals surface area contributed by atoms with Gasteiger partial charge in [-0.05, 0) is 37.5 Å². The van der Waals surface area contributed by atoms with E-state index in [0.717, 1.165) is 18.0 Å². The summed E-state index contributed by atoms with van der Waals surface area (Å²) in [6.45, 7) is 2.68. The Kier molecular flexibility index (Phi) is 7.68. The van der Waals surface area contributed by atoms with Crippen molar-refractivity contribution in [1.29, 1.82) is 0 Å². The summed E-state index contributed by atoms with van der Waals surface area (Å²) in [4.78, 5) is 4.14. The van der Waals surface area contributed by atoms with E-state index >= 15 is 0 Å². The van der Waals surface area contributed by atoms with Crippen molar-refractivity contribution in [3.63, 3.8) is 0 Å². The molecule has 1 unspecified atom stereocenters. The number of sulfone groups is 1. The van der Waals surface area contributed by atoms with Crippen LogP contribution in [-0.2, 0) is 16.3 Å². The van der Waals surface area contributed by atoms with Crippen LogP contribution >= 0.6 is 11.6 Å². The minimum absolute atomic E-state index is 0.0384. The fourth-order valence-electron chi connectivity index (χ4n) is 1.87. The molecule has 5 nitrogen and oxygen atoms in total. The Labute approximate surface area is 138 Å². The maximum Gasteiger partial charge on any atom is 0.191 e. The van der Waals surface area contributed by atoms with E-state index in [4.69, 9.17) is 11.6 Å². The van der Waals surface area contributed by atoms with Crippen molar-refractivity contribution in [3.05, 3.63) is 34.9 Å². The lowest BCUT2D eigenvalue weighted by molar-refractivity contribution is 0.581. The van der Waals surface area contributed by atoms with E-state index in [-0.39, 0.29) is 11.8 Å². The third kappa shape index (κ3) is 8.24. The molecular weight excluding hydrogens is 322 g/mol. The van der Waals surface area contributed by atoms with E-state index in [1.807, 2.05) is 31.2 Å². The second-order valence-electron chi connectivity index (χ2n) is 5.34. The first-order valence-electron chi connectivity index (χ1n) is 7.19. The van der Waals surface area contributed by atoms with E-state index < -0.39 is 9.84 Å². The number of hydrogen-bond donors (Lipinski definition) is 2. The van der Waals surface area contributed by atoms with Gasteiger partial charge in [0.1, 0.15) is 9.84 Å². The maximum atomic E-state index is 11.2. The van der Waals surface area contributed by atoms with Crippen LogP contribution in [0.2, 0.25) is 5.02 Å². The highest BCUT2D eigenvalue weighted by Crippen LogP contribution is 2.09. The van der Waals surface area contributed by atoms with Crippen LogP contribution in [0.5, 0.6) is 0 Å². The van der Waals surface area contributed by atoms with E-state index in [1.54, 1.807) is 7.05 Å². The molecule has 0 radical (unpaired) electrons. The molecule has 0 saturated heterocycles. The van der Waals surface area contributed by atoms with E-state index in [0.29, 0.717) is 12.4 Å². The molecule has 0 bridgehead atoms. The van der Waals surface area contributed by atoms with Gasteiger partial charge in [-0.3, -0.25) is 4.99 Å². The summed E-state index contributed by atoms with van der Waals surface area (Å²) in [6, 6.07) is 7.77. The SMILES string of the molecule is CN=C(NCCc1ccc(Cl)cc1)NC(C)CCS(C)(=O)=O. The third-order valence-electron chi connectivity index (χ3n) is 3.15. The molecule has 1 aromatic rings. The molecule has 124 valence electrons. The lowest BCUT2D eigenvalue weighted by Crippen LogP contribution is -2.43. The van der Waals surface area contributed by atoms with Gasteiger partial charge in [-0.1, -0.05) is 23.7 Å². The van der Waals surface area contributed by atoms with Crippen molar-refractivity contribution in [1.82, 2.24) is 10.6 Å². The number of aliphatic imine (C=N–C) groups is 1. The predicted octanol–water partition coefficient (Wildman–Crippen LogP) is 1.87. The van der Waals surface area contributed by atoms with Crippen LogP contribution < -0.4 is 10.6 Å². The van der Waals surface area contributed by atoms with Gasteiger partial charge >= 0.3 is 0 Å². The molecule has 0 spiro atoms. The number of hydrogen-bond acceptors (Lipinski definition) is 3. The second kappa shape index (κ2) is 9.00. The van der Waals surface area contributed by atoms with Crippen LogP contribution in [0.25, 0.3) is 0 Å². The van der Waals surface area contributed by atoms with Crippen LogP contribution in [0.4, 0.5) is 0 Å². The Bertz CT molecular complexity index is 585. The van der Waals surface area contributed by atoms with E-state index in [9.17, 15) is 8.42 Å². The average molecular weight is 346 g/mol. The van der Waals surface area contributed by atoms with Crippen LogP contribution in [-0.4, -0.2) is 46.0 Å². The van der Waals surface area contributed by atoms with Gasteiger partial charge in [0.25, 0.3) is 0 Å². The Balaban J connectivity index is 2.34. The summed E-state index contributed by atoms with van der Waals surface area (Å²) in [6.07, 6.45) is 2.66. The summed E-state index contributed by atoms with van der Waals surface area (Å²) in [7, 11) is -1.23. The van der Waals surface area contributed by atoms with Crippen LogP contribution in [0.1, 0.15) is 18.9 Å². The molecule has 0 aromatic heterocycles. The molecular formula is C15H24ClN3O2S. The number of rotatable bonds is 7. The van der Waals surface area contributed by atoms with Gasteiger partial charge in [-0.15, -0.1) is 0 Å². The Morgan fingerprint density at radius 3 is 2.50 bits per heavy atom. The van der Waals surface area contributed by atoms with Crippen molar-refractivity contribution >= 4 is 27.4 Å². The smallest absolute Gasteiger partial charge is 0.191 e. The van der Waals surface area contributed by atoms with Crippen molar-refractivity contribution < 1.29 is 8.42 Å². The summed E-state index contributed by atoms with van der Waals surface area (Å²) >= 11 is 5.85. The van der Waals surface area contributed by atoms with Crippen molar-refractivity contribution in [2.45, 2.75) is 25.8 Å². The molecule has 1 rings (SSSR count). The fraction of sp³-hybridized carbons (Fsp3) is 0.533. The molecule has 0 saturated carbocycles. The molecule has 0 aliphatic rings. The lowest BCUT2D eigenvalue weighted by atomic mass is 10.1. The van der Waals surface area contributed by atoms with Crippen LogP contribution in [0, 0.1) is 0 Å². The summed E-state index contributed by atoms with van der Waals surface area (Å²) in [5, 5.41) is 7.14. The van der Waals surface area contributed by atoms with E-state index in [1.165, 1.54) is 11.8 Å². The van der Waals surface area contributed by atoms with Crippen molar-refractivity contribution in [2.24, 2.45) is 4.99 Å². The van der Waals surface area contributed by atoms with Crippen LogP contribution in [0.3, 0.4) is 0 Å². The highest BCUT2D eigenvalue weighted by Gasteiger charge is 2.09. The topological polar surface area (TPSA) is 70.6 Å². The quantitative estimate of drug-likeness (QED) is 0.584. The number of halogens is 1.